The Morgan fingerprint density at radius 1 is 1.17 bits per heavy atom. The van der Waals surface area contributed by atoms with Gasteiger partial charge in [0.2, 0.25) is 10.0 Å². The van der Waals surface area contributed by atoms with Gasteiger partial charge in [-0.1, -0.05) is 27.2 Å². The summed E-state index contributed by atoms with van der Waals surface area (Å²) in [5.41, 5.74) is 2.10. The van der Waals surface area contributed by atoms with E-state index in [0.29, 0.717) is 36.8 Å². The third-order valence-electron chi connectivity index (χ3n) is 8.48. The molecule has 0 unspecified atom stereocenters. The van der Waals surface area contributed by atoms with Crippen LogP contribution >= 0.6 is 0 Å². The van der Waals surface area contributed by atoms with Gasteiger partial charge in [0.25, 0.3) is 0 Å². The minimum atomic E-state index is -3.43. The lowest BCUT2D eigenvalue weighted by Crippen LogP contribution is -2.61. The molecule has 0 spiro atoms. The van der Waals surface area contributed by atoms with Crippen molar-refractivity contribution in [1.29, 1.82) is 0 Å². The lowest BCUT2D eigenvalue weighted by atomic mass is 9.75. The van der Waals surface area contributed by atoms with Gasteiger partial charge in [-0.15, -0.1) is 0 Å². The number of piperidine rings is 1. The van der Waals surface area contributed by atoms with Crippen molar-refractivity contribution >= 4 is 27.1 Å². The Bertz CT molecular complexity index is 1150. The smallest absolute Gasteiger partial charge is 0.410 e. The molecular formula is C26H38N4O4S. The summed E-state index contributed by atoms with van der Waals surface area (Å²) in [6, 6.07) is 4.00. The molecule has 0 radical (unpaired) electrons. The first-order chi connectivity index (χ1) is 16.7. The summed E-state index contributed by atoms with van der Waals surface area (Å²) in [5.74, 6) is 1.72. The van der Waals surface area contributed by atoms with Crippen molar-refractivity contribution in [2.24, 2.45) is 17.8 Å². The molecule has 2 aromatic heterocycles. The quantitative estimate of drug-likeness (QED) is 0.656. The second-order valence-corrected chi connectivity index (χ2v) is 13.4. The molecule has 3 aliphatic rings. The van der Waals surface area contributed by atoms with Crippen LogP contribution in [0.2, 0.25) is 0 Å². The van der Waals surface area contributed by atoms with E-state index in [2.05, 4.69) is 36.8 Å². The number of fused-ring (bicyclic) bond motifs is 1. The van der Waals surface area contributed by atoms with Crippen LogP contribution in [0, 0.1) is 17.8 Å². The highest BCUT2D eigenvalue weighted by Crippen LogP contribution is 2.37. The molecule has 35 heavy (non-hydrogen) atoms. The van der Waals surface area contributed by atoms with Crippen molar-refractivity contribution in [3.05, 3.63) is 30.1 Å². The van der Waals surface area contributed by atoms with Crippen molar-refractivity contribution in [3.8, 4) is 0 Å². The predicted molar refractivity (Wildman–Crippen MR) is 136 cm³/mol. The molecule has 3 atom stereocenters. The molecule has 1 aliphatic carbocycles. The number of sulfonamides is 1. The van der Waals surface area contributed by atoms with Gasteiger partial charge in [0.05, 0.1) is 0 Å². The summed E-state index contributed by atoms with van der Waals surface area (Å²) in [6.45, 7) is 8.06. The zero-order valence-corrected chi connectivity index (χ0v) is 21.8. The number of H-pyrrole nitrogens is 1. The molecule has 5 rings (SSSR count). The van der Waals surface area contributed by atoms with Crippen LogP contribution in [-0.2, 0) is 14.8 Å². The molecule has 2 aromatic rings. The number of aromatic nitrogens is 2. The summed E-state index contributed by atoms with van der Waals surface area (Å²) >= 11 is 0. The molecule has 2 saturated heterocycles. The molecule has 2 aliphatic heterocycles. The van der Waals surface area contributed by atoms with Gasteiger partial charge < -0.3 is 14.6 Å². The number of ether oxygens (including phenoxy) is 1. The molecule has 1 saturated carbocycles. The van der Waals surface area contributed by atoms with Gasteiger partial charge >= 0.3 is 6.09 Å². The first-order valence-electron chi connectivity index (χ1n) is 13.1. The number of amides is 1. The third kappa shape index (κ3) is 4.81. The van der Waals surface area contributed by atoms with Crippen molar-refractivity contribution in [2.75, 3.05) is 26.2 Å². The largest absolute Gasteiger partial charge is 0.446 e. The molecule has 1 N–H and O–H groups in total. The molecule has 1 amide bonds. The van der Waals surface area contributed by atoms with Gasteiger partial charge in [0.1, 0.15) is 17.0 Å². The topological polar surface area (TPSA) is 95.6 Å². The van der Waals surface area contributed by atoms with Gasteiger partial charge in [0.15, 0.2) is 0 Å². The number of aromatic amines is 1. The zero-order chi connectivity index (χ0) is 24.7. The van der Waals surface area contributed by atoms with E-state index in [4.69, 9.17) is 4.74 Å². The highest BCUT2D eigenvalue weighted by atomic mass is 32.2. The van der Waals surface area contributed by atoms with Crippen LogP contribution in [-0.4, -0.2) is 71.2 Å². The van der Waals surface area contributed by atoms with Crippen molar-refractivity contribution in [3.63, 3.8) is 0 Å². The van der Waals surface area contributed by atoms with Gasteiger partial charge in [0, 0.05) is 44.0 Å². The third-order valence-corrected chi connectivity index (χ3v) is 10.7. The lowest BCUT2D eigenvalue weighted by Gasteiger charge is -2.43. The van der Waals surface area contributed by atoms with E-state index in [9.17, 15) is 13.2 Å². The fraction of sp³-hybridized carbons (Fsp3) is 0.692. The van der Waals surface area contributed by atoms with Crippen LogP contribution in [0.25, 0.3) is 11.0 Å². The number of hydrogen-bond acceptors (Lipinski definition) is 5. The molecule has 0 bridgehead atoms. The fourth-order valence-corrected chi connectivity index (χ4v) is 8.05. The minimum Gasteiger partial charge on any atom is -0.446 e. The Hall–Kier alpha value is -2.13. The second-order valence-electron chi connectivity index (χ2n) is 11.1. The van der Waals surface area contributed by atoms with Gasteiger partial charge in [-0.3, -0.25) is 0 Å². The van der Waals surface area contributed by atoms with E-state index in [1.54, 1.807) is 15.4 Å². The number of likely N-dealkylation sites (tertiary alicyclic amines) is 1. The highest BCUT2D eigenvalue weighted by molar-refractivity contribution is 7.89. The SMILES string of the molecule is CC(C)[C@H]1CC[C@H](C)C[C@@H]1OC(=O)N1CC(S(=O)(=O)N2CCC(c3c[nH]c4ncccc34)CC2)C1. The number of carbonyl (C=O) groups excluding carboxylic acids is 1. The second kappa shape index (κ2) is 9.73. The van der Waals surface area contributed by atoms with Crippen LogP contribution < -0.4 is 0 Å². The number of nitrogens with one attached hydrogen (secondary N) is 1. The van der Waals surface area contributed by atoms with Crippen LogP contribution in [0.5, 0.6) is 0 Å². The monoisotopic (exact) mass is 502 g/mol. The zero-order valence-electron chi connectivity index (χ0n) is 21.0. The Morgan fingerprint density at radius 2 is 1.91 bits per heavy atom. The number of rotatable bonds is 5. The molecule has 192 valence electrons. The molecule has 8 nitrogen and oxygen atoms in total. The molecule has 3 fully saturated rings. The Labute approximate surface area is 208 Å². The number of pyridine rings is 1. The van der Waals surface area contributed by atoms with Crippen LogP contribution in [0.15, 0.2) is 24.5 Å². The maximum atomic E-state index is 13.2. The van der Waals surface area contributed by atoms with Crippen molar-refractivity contribution in [2.45, 2.75) is 70.1 Å². The molecular weight excluding hydrogens is 464 g/mol. The van der Waals surface area contributed by atoms with E-state index in [1.807, 2.05) is 12.3 Å². The number of carbonyl (C=O) groups is 1. The normalized spacial score (nSPS) is 27.3. The first kappa shape index (κ1) is 24.6. The van der Waals surface area contributed by atoms with Gasteiger partial charge in [-0.25, -0.2) is 22.5 Å². The summed E-state index contributed by atoms with van der Waals surface area (Å²) in [6.07, 6.45) is 8.09. The fourth-order valence-electron chi connectivity index (χ4n) is 6.18. The molecule has 9 heteroatoms. The Kier molecular flexibility index (Phi) is 6.83. The molecule has 0 aromatic carbocycles. The van der Waals surface area contributed by atoms with Crippen molar-refractivity contribution in [1.82, 2.24) is 19.2 Å². The maximum absolute atomic E-state index is 13.2. The summed E-state index contributed by atoms with van der Waals surface area (Å²) in [7, 11) is -3.43. The van der Waals surface area contributed by atoms with E-state index >= 15 is 0 Å². The van der Waals surface area contributed by atoms with Crippen LogP contribution in [0.4, 0.5) is 4.79 Å². The summed E-state index contributed by atoms with van der Waals surface area (Å²) < 4.78 is 34.0. The predicted octanol–water partition coefficient (Wildman–Crippen LogP) is 4.35. The minimum absolute atomic E-state index is 0.0688. The summed E-state index contributed by atoms with van der Waals surface area (Å²) in [5, 5.41) is 0.587. The van der Waals surface area contributed by atoms with Gasteiger partial charge in [-0.2, -0.15) is 0 Å². The maximum Gasteiger partial charge on any atom is 0.410 e. The Morgan fingerprint density at radius 3 is 2.63 bits per heavy atom. The lowest BCUT2D eigenvalue weighted by molar-refractivity contribution is -0.0170. The average molecular weight is 503 g/mol. The number of hydrogen-bond donors (Lipinski definition) is 1. The van der Waals surface area contributed by atoms with E-state index in [1.165, 1.54) is 12.0 Å². The van der Waals surface area contributed by atoms with Crippen LogP contribution in [0.3, 0.4) is 0 Å². The highest BCUT2D eigenvalue weighted by Gasteiger charge is 2.45. The van der Waals surface area contributed by atoms with Crippen molar-refractivity contribution < 1.29 is 17.9 Å². The van der Waals surface area contributed by atoms with Crippen LogP contribution in [0.1, 0.15) is 64.4 Å². The standard InChI is InChI=1S/C26H38N4O4S/c1-17(2)21-7-6-18(3)13-24(21)34-26(31)29-15-20(16-29)35(32,33)30-11-8-19(9-12-30)23-14-28-25-22(23)5-4-10-27-25/h4-5,10,14,17-21,24H,6-9,11-13,15-16H2,1-3H3,(H,27,28)/t18-,21+,24-/m0/s1. The number of nitrogens with zero attached hydrogens (tertiary/aromatic N) is 3. The van der Waals surface area contributed by atoms with E-state index < -0.39 is 15.3 Å². The first-order valence-corrected chi connectivity index (χ1v) is 14.6. The van der Waals surface area contributed by atoms with E-state index in [0.717, 1.165) is 36.7 Å². The Balaban J connectivity index is 1.14. The molecule has 4 heterocycles. The average Bonchev–Trinajstić information content (AvgIpc) is 3.22. The van der Waals surface area contributed by atoms with E-state index in [-0.39, 0.29) is 25.3 Å². The van der Waals surface area contributed by atoms with Gasteiger partial charge in [-0.05, 0) is 67.1 Å². The summed E-state index contributed by atoms with van der Waals surface area (Å²) in [4.78, 5) is 21.9.